The lowest BCUT2D eigenvalue weighted by atomic mass is 10.1. The Hall–Kier alpha value is -4.34. The van der Waals surface area contributed by atoms with Crippen LogP contribution < -0.4 is 5.32 Å². The molecule has 0 aliphatic heterocycles. The molecule has 0 amide bonds. The number of methoxy groups -OCH3 is 1. The van der Waals surface area contributed by atoms with Gasteiger partial charge in [0, 0.05) is 35.3 Å². The highest BCUT2D eigenvalue weighted by Crippen LogP contribution is 2.29. The molecule has 0 saturated heterocycles. The lowest BCUT2D eigenvalue weighted by Crippen LogP contribution is -2.05. The van der Waals surface area contributed by atoms with Crippen LogP contribution in [0.5, 0.6) is 0 Å². The van der Waals surface area contributed by atoms with Crippen LogP contribution in [0.25, 0.3) is 17.0 Å². The number of ether oxygens (including phenoxy) is 1. The van der Waals surface area contributed by atoms with Gasteiger partial charge in [0.05, 0.1) is 17.6 Å². The number of esters is 1. The maximum Gasteiger partial charge on any atom is 0.337 e. The monoisotopic (exact) mass is 404 g/mol. The van der Waals surface area contributed by atoms with E-state index in [4.69, 9.17) is 4.74 Å². The number of carbonyl (C=O) groups is 1. The van der Waals surface area contributed by atoms with Gasteiger partial charge in [0.25, 0.3) is 5.69 Å². The Morgan fingerprint density at radius 2 is 1.97 bits per heavy atom. The molecule has 10 heteroatoms. The zero-order chi connectivity index (χ0) is 21.3. The van der Waals surface area contributed by atoms with E-state index in [1.54, 1.807) is 60.2 Å². The minimum Gasteiger partial charge on any atom is -0.465 e. The Labute approximate surface area is 170 Å². The lowest BCUT2D eigenvalue weighted by Gasteiger charge is -2.11. The molecule has 2 aromatic heterocycles. The summed E-state index contributed by atoms with van der Waals surface area (Å²) in [6, 6.07) is 11.5. The molecule has 0 aliphatic carbocycles. The molecule has 0 spiro atoms. The number of benzene rings is 2. The quantitative estimate of drug-likeness (QED) is 0.304. The van der Waals surface area contributed by atoms with E-state index in [1.165, 1.54) is 13.2 Å². The fourth-order valence-electron chi connectivity index (χ4n) is 3.03. The number of hydrogen-bond acceptors (Lipinski definition) is 8. The van der Waals surface area contributed by atoms with Gasteiger partial charge < -0.3 is 10.1 Å². The standard InChI is InChI=1S/C20H16N6O4/c1-12-15(4-3-5-16(12)26(28)29)17-23-18(19-21-10-11-25(19)24-17)22-14-8-6-13(7-9-14)20(27)30-2/h3-11H,1-2H3,(H,22,23,24). The van der Waals surface area contributed by atoms with Crippen molar-refractivity contribution in [1.29, 1.82) is 0 Å². The molecular weight excluding hydrogens is 388 g/mol. The van der Waals surface area contributed by atoms with Crippen molar-refractivity contribution in [1.82, 2.24) is 19.6 Å². The molecule has 0 aliphatic rings. The number of nitro benzene ring substituents is 1. The summed E-state index contributed by atoms with van der Waals surface area (Å²) in [7, 11) is 1.32. The van der Waals surface area contributed by atoms with Gasteiger partial charge in [0.1, 0.15) is 0 Å². The number of hydrogen-bond donors (Lipinski definition) is 1. The summed E-state index contributed by atoms with van der Waals surface area (Å²) >= 11 is 0. The van der Waals surface area contributed by atoms with E-state index in [0.29, 0.717) is 39.7 Å². The van der Waals surface area contributed by atoms with Gasteiger partial charge in [-0.25, -0.2) is 19.3 Å². The number of nitrogens with zero attached hydrogens (tertiary/aromatic N) is 5. The molecule has 0 radical (unpaired) electrons. The van der Waals surface area contributed by atoms with Gasteiger partial charge in [0.15, 0.2) is 17.3 Å². The van der Waals surface area contributed by atoms with Crippen LogP contribution in [0.4, 0.5) is 17.2 Å². The van der Waals surface area contributed by atoms with Crippen LogP contribution >= 0.6 is 0 Å². The number of fused-ring (bicyclic) bond motifs is 1. The number of carbonyl (C=O) groups excluding carboxylic acids is 1. The minimum atomic E-state index is -0.434. The van der Waals surface area contributed by atoms with Gasteiger partial charge in [-0.1, -0.05) is 12.1 Å². The van der Waals surface area contributed by atoms with Crippen LogP contribution in [0.2, 0.25) is 0 Å². The summed E-state index contributed by atoms with van der Waals surface area (Å²) in [6.45, 7) is 1.66. The molecule has 0 fully saturated rings. The van der Waals surface area contributed by atoms with Crippen molar-refractivity contribution in [2.24, 2.45) is 0 Å². The Bertz CT molecular complexity index is 1270. The molecule has 4 aromatic rings. The van der Waals surface area contributed by atoms with Gasteiger partial charge >= 0.3 is 5.97 Å². The zero-order valence-electron chi connectivity index (χ0n) is 16.1. The third-order valence-electron chi connectivity index (χ3n) is 4.57. The second-order valence-electron chi connectivity index (χ2n) is 6.38. The normalized spacial score (nSPS) is 10.7. The fraction of sp³-hybridized carbons (Fsp3) is 0.100. The smallest absolute Gasteiger partial charge is 0.337 e. The highest BCUT2D eigenvalue weighted by Gasteiger charge is 2.18. The van der Waals surface area contributed by atoms with E-state index in [1.807, 2.05) is 0 Å². The van der Waals surface area contributed by atoms with Gasteiger partial charge in [-0.05, 0) is 31.2 Å². The van der Waals surface area contributed by atoms with Crippen molar-refractivity contribution in [3.05, 3.63) is 76.1 Å². The van der Waals surface area contributed by atoms with Crippen LogP contribution in [0, 0.1) is 17.0 Å². The Morgan fingerprint density at radius 1 is 1.20 bits per heavy atom. The SMILES string of the molecule is COC(=O)c1ccc(Nc2nc(-c3cccc([N+](=O)[O-])c3C)nn3ccnc23)cc1. The van der Waals surface area contributed by atoms with Crippen molar-refractivity contribution in [2.45, 2.75) is 6.92 Å². The summed E-state index contributed by atoms with van der Waals surface area (Å²) < 4.78 is 6.25. The largest absolute Gasteiger partial charge is 0.465 e. The molecule has 0 atom stereocenters. The molecular formula is C20H16N6O4. The fourth-order valence-corrected chi connectivity index (χ4v) is 3.03. The second kappa shape index (κ2) is 7.59. The third-order valence-corrected chi connectivity index (χ3v) is 4.57. The first-order chi connectivity index (χ1) is 14.5. The van der Waals surface area contributed by atoms with E-state index in [2.05, 4.69) is 20.4 Å². The van der Waals surface area contributed by atoms with E-state index >= 15 is 0 Å². The number of imidazole rings is 1. The van der Waals surface area contributed by atoms with E-state index in [-0.39, 0.29) is 5.69 Å². The molecule has 2 aromatic carbocycles. The maximum absolute atomic E-state index is 11.6. The topological polar surface area (TPSA) is 125 Å². The van der Waals surface area contributed by atoms with Crippen LogP contribution in [0.1, 0.15) is 15.9 Å². The molecule has 1 N–H and O–H groups in total. The molecule has 150 valence electrons. The average molecular weight is 404 g/mol. The van der Waals surface area contributed by atoms with E-state index in [0.717, 1.165) is 0 Å². The summed E-state index contributed by atoms with van der Waals surface area (Å²) in [5.41, 5.74) is 2.59. The van der Waals surface area contributed by atoms with Gasteiger partial charge in [-0.2, -0.15) is 0 Å². The third kappa shape index (κ3) is 3.41. The molecule has 0 saturated carbocycles. The van der Waals surface area contributed by atoms with Crippen molar-refractivity contribution in [2.75, 3.05) is 12.4 Å². The molecule has 0 unspecified atom stereocenters. The van der Waals surface area contributed by atoms with Crippen molar-refractivity contribution >= 4 is 28.8 Å². The molecule has 4 rings (SSSR count). The predicted octanol–water partition coefficient (Wildman–Crippen LogP) is 3.54. The van der Waals surface area contributed by atoms with Crippen molar-refractivity contribution in [3.8, 4) is 11.4 Å². The first kappa shape index (κ1) is 19.0. The number of nitrogens with one attached hydrogen (secondary N) is 1. The molecule has 10 nitrogen and oxygen atoms in total. The Morgan fingerprint density at radius 3 is 2.67 bits per heavy atom. The van der Waals surface area contributed by atoms with Crippen LogP contribution in [-0.4, -0.2) is 37.6 Å². The van der Waals surface area contributed by atoms with Crippen LogP contribution in [-0.2, 0) is 4.74 Å². The second-order valence-corrected chi connectivity index (χ2v) is 6.38. The van der Waals surface area contributed by atoms with Crippen molar-refractivity contribution in [3.63, 3.8) is 0 Å². The van der Waals surface area contributed by atoms with Gasteiger partial charge in [-0.15, -0.1) is 5.10 Å². The maximum atomic E-state index is 11.6. The lowest BCUT2D eigenvalue weighted by molar-refractivity contribution is -0.385. The zero-order valence-corrected chi connectivity index (χ0v) is 16.1. The first-order valence-electron chi connectivity index (χ1n) is 8.89. The average Bonchev–Trinajstić information content (AvgIpc) is 3.22. The molecule has 0 bridgehead atoms. The highest BCUT2D eigenvalue weighted by molar-refractivity contribution is 5.90. The van der Waals surface area contributed by atoms with E-state index in [9.17, 15) is 14.9 Å². The summed E-state index contributed by atoms with van der Waals surface area (Å²) in [5, 5.41) is 18.9. The van der Waals surface area contributed by atoms with Crippen LogP contribution in [0.15, 0.2) is 54.9 Å². The minimum absolute atomic E-state index is 0.00487. The van der Waals surface area contributed by atoms with Gasteiger partial charge in [0.2, 0.25) is 0 Å². The first-order valence-corrected chi connectivity index (χ1v) is 8.89. The number of anilines is 2. The predicted molar refractivity (Wildman–Crippen MR) is 109 cm³/mol. The van der Waals surface area contributed by atoms with Gasteiger partial charge in [-0.3, -0.25) is 10.1 Å². The highest BCUT2D eigenvalue weighted by atomic mass is 16.6. The van der Waals surface area contributed by atoms with Crippen LogP contribution in [0.3, 0.4) is 0 Å². The molecule has 2 heterocycles. The van der Waals surface area contributed by atoms with Crippen molar-refractivity contribution < 1.29 is 14.5 Å². The Kier molecular flexibility index (Phi) is 4.80. The number of nitro groups is 1. The summed E-state index contributed by atoms with van der Waals surface area (Å²) in [6.07, 6.45) is 3.25. The summed E-state index contributed by atoms with van der Waals surface area (Å²) in [4.78, 5) is 31.3. The number of aromatic nitrogens is 4. The molecule has 30 heavy (non-hydrogen) atoms. The Balaban J connectivity index is 1.77. The van der Waals surface area contributed by atoms with E-state index < -0.39 is 10.9 Å². The number of rotatable bonds is 5. The summed E-state index contributed by atoms with van der Waals surface area (Å²) in [5.74, 6) is 0.305.